The second-order valence-electron chi connectivity index (χ2n) is 5.63. The number of carboxylic acids is 1. The minimum Gasteiger partial charge on any atom is -0.482 e. The highest BCUT2D eigenvalue weighted by Crippen LogP contribution is 2.37. The summed E-state index contributed by atoms with van der Waals surface area (Å²) >= 11 is 1.60. The molecule has 1 unspecified atom stereocenters. The molecule has 6 nitrogen and oxygen atoms in total. The summed E-state index contributed by atoms with van der Waals surface area (Å²) in [7, 11) is 0. The van der Waals surface area contributed by atoms with Crippen molar-refractivity contribution in [2.24, 2.45) is 0 Å². The summed E-state index contributed by atoms with van der Waals surface area (Å²) in [4.78, 5) is 29.4. The first-order valence-corrected chi connectivity index (χ1v) is 8.65. The number of aryl methyl sites for hydroxylation is 1. The minimum atomic E-state index is -1.06. The van der Waals surface area contributed by atoms with Gasteiger partial charge in [-0.1, -0.05) is 6.92 Å². The van der Waals surface area contributed by atoms with Crippen LogP contribution in [0.1, 0.15) is 25.3 Å². The number of ether oxygens (including phenoxy) is 1. The second kappa shape index (κ2) is 6.60. The van der Waals surface area contributed by atoms with Crippen LogP contribution in [-0.4, -0.2) is 34.6 Å². The van der Waals surface area contributed by atoms with Crippen molar-refractivity contribution < 1.29 is 19.4 Å². The molecule has 1 aliphatic rings. The number of carbonyl (C=O) groups is 2. The van der Waals surface area contributed by atoms with Crippen LogP contribution >= 0.6 is 11.3 Å². The molecule has 3 rings (SSSR count). The maximum Gasteiger partial charge on any atom is 0.326 e. The van der Waals surface area contributed by atoms with Gasteiger partial charge in [0, 0.05) is 10.9 Å². The molecule has 0 fully saturated rings. The molecular formula is C17H18N2O4S. The van der Waals surface area contributed by atoms with E-state index in [2.05, 4.69) is 11.9 Å². The number of aromatic nitrogens is 1. The molecule has 1 atom stereocenters. The fraction of sp³-hybridized carbons (Fsp3) is 0.353. The summed E-state index contributed by atoms with van der Waals surface area (Å²) in [5, 5.41) is 12.3. The van der Waals surface area contributed by atoms with E-state index in [0.717, 1.165) is 29.1 Å². The molecule has 126 valence electrons. The van der Waals surface area contributed by atoms with Gasteiger partial charge in [0.2, 0.25) is 0 Å². The highest BCUT2D eigenvalue weighted by molar-refractivity contribution is 7.09. The minimum absolute atomic E-state index is 0.151. The number of hydrogen-bond donors (Lipinski definition) is 1. The number of aliphatic carboxylic acids is 1. The summed E-state index contributed by atoms with van der Waals surface area (Å²) in [6.45, 7) is 3.44. The first-order chi connectivity index (χ1) is 11.5. The predicted molar refractivity (Wildman–Crippen MR) is 91.6 cm³/mol. The van der Waals surface area contributed by atoms with Gasteiger partial charge in [0.05, 0.1) is 16.4 Å². The van der Waals surface area contributed by atoms with Crippen LogP contribution in [0.25, 0.3) is 11.3 Å². The second-order valence-corrected chi connectivity index (χ2v) is 6.57. The van der Waals surface area contributed by atoms with E-state index in [-0.39, 0.29) is 12.5 Å². The largest absolute Gasteiger partial charge is 0.482 e. The number of carboxylic acid groups (broad SMARTS) is 1. The van der Waals surface area contributed by atoms with Crippen LogP contribution < -0.4 is 9.64 Å². The molecule has 1 amide bonds. The van der Waals surface area contributed by atoms with Gasteiger partial charge in [-0.05, 0) is 38.0 Å². The summed E-state index contributed by atoms with van der Waals surface area (Å²) in [5.74, 6) is -0.907. The molecule has 24 heavy (non-hydrogen) atoms. The van der Waals surface area contributed by atoms with Crippen molar-refractivity contribution in [3.63, 3.8) is 0 Å². The number of benzene rings is 1. The molecule has 1 aromatic heterocycles. The topological polar surface area (TPSA) is 79.7 Å². The fourth-order valence-electron chi connectivity index (χ4n) is 2.64. The van der Waals surface area contributed by atoms with Crippen LogP contribution in [0.5, 0.6) is 5.75 Å². The number of fused-ring (bicyclic) bond motifs is 1. The highest BCUT2D eigenvalue weighted by atomic mass is 32.1. The molecule has 0 spiro atoms. The highest BCUT2D eigenvalue weighted by Gasteiger charge is 2.33. The fourth-order valence-corrected chi connectivity index (χ4v) is 3.55. The van der Waals surface area contributed by atoms with Gasteiger partial charge < -0.3 is 9.84 Å². The lowest BCUT2D eigenvalue weighted by Gasteiger charge is -2.32. The molecule has 7 heteroatoms. The van der Waals surface area contributed by atoms with Gasteiger partial charge in [-0.3, -0.25) is 9.69 Å². The van der Waals surface area contributed by atoms with Gasteiger partial charge in [0.15, 0.2) is 6.61 Å². The van der Waals surface area contributed by atoms with Crippen molar-refractivity contribution in [1.82, 2.24) is 4.98 Å². The lowest BCUT2D eigenvalue weighted by molar-refractivity contribution is -0.140. The molecule has 0 bridgehead atoms. The van der Waals surface area contributed by atoms with Gasteiger partial charge >= 0.3 is 5.97 Å². The van der Waals surface area contributed by atoms with Crippen molar-refractivity contribution in [3.05, 3.63) is 28.6 Å². The van der Waals surface area contributed by atoms with Crippen LogP contribution in [0.2, 0.25) is 0 Å². The Balaban J connectivity index is 2.01. The molecule has 0 radical (unpaired) electrons. The van der Waals surface area contributed by atoms with Crippen molar-refractivity contribution in [3.8, 4) is 17.0 Å². The molecule has 1 aliphatic heterocycles. The summed E-state index contributed by atoms with van der Waals surface area (Å²) < 4.78 is 5.43. The molecular weight excluding hydrogens is 328 g/mol. The molecule has 2 heterocycles. The zero-order chi connectivity index (χ0) is 17.3. The number of hydrogen-bond acceptors (Lipinski definition) is 5. The summed E-state index contributed by atoms with van der Waals surface area (Å²) in [6.07, 6.45) is 1.96. The van der Waals surface area contributed by atoms with E-state index in [1.807, 2.05) is 11.4 Å². The van der Waals surface area contributed by atoms with Crippen molar-refractivity contribution in [1.29, 1.82) is 0 Å². The molecule has 1 aromatic carbocycles. The van der Waals surface area contributed by atoms with Gasteiger partial charge in [-0.2, -0.15) is 0 Å². The number of carbonyl (C=O) groups excluding carboxylic acids is 1. The Hall–Kier alpha value is -2.41. The zero-order valence-electron chi connectivity index (χ0n) is 13.5. The summed E-state index contributed by atoms with van der Waals surface area (Å²) in [6, 6.07) is 4.46. The number of amides is 1. The number of anilines is 1. The monoisotopic (exact) mass is 346 g/mol. The first-order valence-electron chi connectivity index (χ1n) is 7.77. The van der Waals surface area contributed by atoms with E-state index in [1.165, 1.54) is 11.8 Å². The third kappa shape index (κ3) is 2.99. The Labute approximate surface area is 143 Å². The smallest absolute Gasteiger partial charge is 0.326 e. The average molecular weight is 346 g/mol. The molecule has 0 aliphatic carbocycles. The third-order valence-corrected chi connectivity index (χ3v) is 4.80. The Morgan fingerprint density at radius 3 is 3.00 bits per heavy atom. The van der Waals surface area contributed by atoms with E-state index in [1.54, 1.807) is 23.5 Å². The van der Waals surface area contributed by atoms with E-state index >= 15 is 0 Å². The summed E-state index contributed by atoms with van der Waals surface area (Å²) in [5.41, 5.74) is 2.14. The Morgan fingerprint density at radius 1 is 1.50 bits per heavy atom. The van der Waals surface area contributed by atoms with E-state index in [9.17, 15) is 14.7 Å². The van der Waals surface area contributed by atoms with Gasteiger partial charge in [-0.15, -0.1) is 11.3 Å². The van der Waals surface area contributed by atoms with Crippen LogP contribution in [0.15, 0.2) is 23.6 Å². The molecule has 0 saturated heterocycles. The SMILES string of the molecule is CCCc1nc(-c2ccc3c(c2)N(C(C)C(=O)O)C(=O)CO3)cs1. The van der Waals surface area contributed by atoms with E-state index in [0.29, 0.717) is 11.4 Å². The van der Waals surface area contributed by atoms with Gasteiger partial charge in [-0.25, -0.2) is 9.78 Å². The van der Waals surface area contributed by atoms with Crippen LogP contribution in [-0.2, 0) is 16.0 Å². The normalized spacial score (nSPS) is 14.9. The maximum atomic E-state index is 12.2. The van der Waals surface area contributed by atoms with E-state index in [4.69, 9.17) is 4.74 Å². The number of nitrogens with zero attached hydrogens (tertiary/aromatic N) is 2. The Morgan fingerprint density at radius 2 is 2.29 bits per heavy atom. The first kappa shape index (κ1) is 16.4. The van der Waals surface area contributed by atoms with E-state index < -0.39 is 12.0 Å². The third-order valence-electron chi connectivity index (χ3n) is 3.89. The molecule has 1 N–H and O–H groups in total. The standard InChI is InChI=1S/C17H18N2O4S/c1-3-4-15-18-12(9-24-15)11-5-6-14-13(7-11)19(10(2)17(21)22)16(20)8-23-14/h5-7,9-10H,3-4,8H2,1-2H3,(H,21,22). The Kier molecular flexibility index (Phi) is 4.53. The van der Waals surface area contributed by atoms with Crippen LogP contribution in [0, 0.1) is 0 Å². The number of thiazole rings is 1. The lowest BCUT2D eigenvalue weighted by Crippen LogP contribution is -2.48. The number of rotatable bonds is 5. The lowest BCUT2D eigenvalue weighted by atomic mass is 10.1. The predicted octanol–water partition coefficient (Wildman–Crippen LogP) is 2.96. The quantitative estimate of drug-likeness (QED) is 0.900. The Bertz CT molecular complexity index is 787. The van der Waals surface area contributed by atoms with Gasteiger partial charge in [0.1, 0.15) is 11.8 Å². The van der Waals surface area contributed by atoms with Crippen LogP contribution in [0.4, 0.5) is 5.69 Å². The van der Waals surface area contributed by atoms with Crippen molar-refractivity contribution >= 4 is 28.9 Å². The zero-order valence-corrected chi connectivity index (χ0v) is 14.3. The average Bonchev–Trinajstić information content (AvgIpc) is 3.02. The van der Waals surface area contributed by atoms with Crippen LogP contribution in [0.3, 0.4) is 0 Å². The van der Waals surface area contributed by atoms with Crippen molar-refractivity contribution in [2.45, 2.75) is 32.7 Å². The maximum absolute atomic E-state index is 12.2. The molecule has 2 aromatic rings. The van der Waals surface area contributed by atoms with Gasteiger partial charge in [0.25, 0.3) is 5.91 Å². The molecule has 0 saturated carbocycles. The van der Waals surface area contributed by atoms with Crippen molar-refractivity contribution in [2.75, 3.05) is 11.5 Å².